The molecular weight excluding hydrogens is 288 g/mol. The Balaban J connectivity index is 2.71. The van der Waals surface area contributed by atoms with Crippen LogP contribution in [0.2, 0.25) is 5.02 Å². The molecule has 0 aliphatic carbocycles. The third-order valence-corrected chi connectivity index (χ3v) is 2.81. The predicted octanol–water partition coefficient (Wildman–Crippen LogP) is 0.871. The number of carbonyl (C=O) groups is 3. The van der Waals surface area contributed by atoms with Crippen LogP contribution in [0.25, 0.3) is 0 Å². The van der Waals surface area contributed by atoms with Gasteiger partial charge in [0.1, 0.15) is 6.04 Å². The standard InChI is InChI=1S/C12H13ClN2O5/c1-20-10(16)3-2-9(12(18)19)15-11(17)7-6-14-5-4-8(7)13/h4-6,9H,2-3H2,1H3,(H,15,17)(H,18,19)/t9-/m0/s1. The van der Waals surface area contributed by atoms with Gasteiger partial charge in [-0.3, -0.25) is 14.6 Å². The predicted molar refractivity (Wildman–Crippen MR) is 69.4 cm³/mol. The summed E-state index contributed by atoms with van der Waals surface area (Å²) in [5, 5.41) is 11.5. The summed E-state index contributed by atoms with van der Waals surface area (Å²) < 4.78 is 4.41. The fourth-order valence-electron chi connectivity index (χ4n) is 1.40. The Labute approximate surface area is 119 Å². The summed E-state index contributed by atoms with van der Waals surface area (Å²) in [4.78, 5) is 37.6. The number of carboxylic acid groups (broad SMARTS) is 1. The minimum absolute atomic E-state index is 0.0680. The van der Waals surface area contributed by atoms with E-state index in [0.717, 1.165) is 0 Å². The first kappa shape index (κ1) is 15.9. The molecule has 0 unspecified atom stereocenters. The lowest BCUT2D eigenvalue weighted by molar-refractivity contribution is -0.142. The van der Waals surface area contributed by atoms with Crippen LogP contribution in [0, 0.1) is 0 Å². The van der Waals surface area contributed by atoms with Crippen LogP contribution >= 0.6 is 11.6 Å². The van der Waals surface area contributed by atoms with Crippen LogP contribution in [0.15, 0.2) is 18.5 Å². The van der Waals surface area contributed by atoms with E-state index < -0.39 is 23.9 Å². The molecule has 1 aromatic heterocycles. The van der Waals surface area contributed by atoms with Gasteiger partial charge >= 0.3 is 11.9 Å². The summed E-state index contributed by atoms with van der Waals surface area (Å²) in [7, 11) is 1.20. The number of hydrogen-bond acceptors (Lipinski definition) is 5. The molecule has 0 bridgehead atoms. The number of hydrogen-bond donors (Lipinski definition) is 2. The quantitative estimate of drug-likeness (QED) is 0.755. The summed E-state index contributed by atoms with van der Waals surface area (Å²) in [6.45, 7) is 0. The number of carboxylic acids is 1. The SMILES string of the molecule is COC(=O)CC[C@H](NC(=O)c1cnccc1Cl)C(=O)O. The Morgan fingerprint density at radius 1 is 1.50 bits per heavy atom. The highest BCUT2D eigenvalue weighted by Gasteiger charge is 2.22. The van der Waals surface area contributed by atoms with Gasteiger partial charge in [-0.05, 0) is 12.5 Å². The molecule has 1 rings (SSSR count). The average molecular weight is 301 g/mol. The number of pyridine rings is 1. The highest BCUT2D eigenvalue weighted by Crippen LogP contribution is 2.13. The molecule has 8 heteroatoms. The molecule has 0 aliphatic rings. The normalized spacial score (nSPS) is 11.5. The van der Waals surface area contributed by atoms with Gasteiger partial charge in [-0.15, -0.1) is 0 Å². The minimum atomic E-state index is -1.25. The first-order valence-electron chi connectivity index (χ1n) is 5.65. The van der Waals surface area contributed by atoms with Gasteiger partial charge in [0.25, 0.3) is 5.91 Å². The zero-order valence-corrected chi connectivity index (χ0v) is 11.4. The van der Waals surface area contributed by atoms with Crippen LogP contribution in [-0.4, -0.2) is 41.1 Å². The number of carbonyl (C=O) groups excluding carboxylic acids is 2. The highest BCUT2D eigenvalue weighted by atomic mass is 35.5. The number of amides is 1. The second-order valence-electron chi connectivity index (χ2n) is 3.83. The fraction of sp³-hybridized carbons (Fsp3) is 0.333. The van der Waals surface area contributed by atoms with Crippen LogP contribution < -0.4 is 5.32 Å². The van der Waals surface area contributed by atoms with E-state index in [4.69, 9.17) is 16.7 Å². The summed E-state index contributed by atoms with van der Waals surface area (Å²) in [6, 6.07) is 0.207. The molecule has 0 radical (unpaired) electrons. The lowest BCUT2D eigenvalue weighted by atomic mass is 10.1. The molecule has 2 N–H and O–H groups in total. The maximum Gasteiger partial charge on any atom is 0.326 e. The second-order valence-corrected chi connectivity index (χ2v) is 4.24. The Kier molecular flexibility index (Phi) is 5.92. The molecular formula is C12H13ClN2O5. The topological polar surface area (TPSA) is 106 Å². The summed E-state index contributed by atoms with van der Waals surface area (Å²) in [5.74, 6) is -2.47. The number of esters is 1. The zero-order valence-electron chi connectivity index (χ0n) is 10.6. The van der Waals surface area contributed by atoms with Crippen LogP contribution in [0.5, 0.6) is 0 Å². The van der Waals surface area contributed by atoms with E-state index in [1.165, 1.54) is 25.6 Å². The molecule has 0 saturated heterocycles. The number of ether oxygens (including phenoxy) is 1. The molecule has 1 amide bonds. The van der Waals surface area contributed by atoms with Gasteiger partial charge in [-0.25, -0.2) is 4.79 Å². The first-order chi connectivity index (χ1) is 9.45. The van der Waals surface area contributed by atoms with Gasteiger partial charge in [0.05, 0.1) is 17.7 Å². The molecule has 7 nitrogen and oxygen atoms in total. The van der Waals surface area contributed by atoms with Crippen molar-refractivity contribution in [1.29, 1.82) is 0 Å². The van der Waals surface area contributed by atoms with Crippen LogP contribution in [-0.2, 0) is 14.3 Å². The molecule has 1 aromatic rings. The minimum Gasteiger partial charge on any atom is -0.480 e. The lowest BCUT2D eigenvalue weighted by Crippen LogP contribution is -2.41. The highest BCUT2D eigenvalue weighted by molar-refractivity contribution is 6.33. The van der Waals surface area contributed by atoms with E-state index in [0.29, 0.717) is 0 Å². The maximum absolute atomic E-state index is 11.9. The molecule has 108 valence electrons. The number of aliphatic carboxylic acids is 1. The number of nitrogens with zero attached hydrogens (tertiary/aromatic N) is 1. The van der Waals surface area contributed by atoms with Crippen LogP contribution in [0.3, 0.4) is 0 Å². The van der Waals surface area contributed by atoms with E-state index >= 15 is 0 Å². The molecule has 0 spiro atoms. The largest absolute Gasteiger partial charge is 0.480 e. The van der Waals surface area contributed by atoms with Crippen molar-refractivity contribution >= 4 is 29.4 Å². The third-order valence-electron chi connectivity index (χ3n) is 2.48. The van der Waals surface area contributed by atoms with Gasteiger partial charge < -0.3 is 15.2 Å². The number of nitrogens with one attached hydrogen (secondary N) is 1. The summed E-state index contributed by atoms with van der Waals surface area (Å²) in [6.07, 6.45) is 2.45. The van der Waals surface area contributed by atoms with Gasteiger partial charge in [0.2, 0.25) is 0 Å². The van der Waals surface area contributed by atoms with E-state index in [1.54, 1.807) is 0 Å². The van der Waals surface area contributed by atoms with Crippen molar-refractivity contribution in [1.82, 2.24) is 10.3 Å². The van der Waals surface area contributed by atoms with Crippen molar-refractivity contribution in [3.05, 3.63) is 29.0 Å². The molecule has 1 atom stereocenters. The molecule has 0 aromatic carbocycles. The van der Waals surface area contributed by atoms with Gasteiger partial charge in [-0.2, -0.15) is 0 Å². The summed E-state index contributed by atoms with van der Waals surface area (Å²) >= 11 is 5.81. The van der Waals surface area contributed by atoms with Crippen molar-refractivity contribution in [2.45, 2.75) is 18.9 Å². The number of methoxy groups -OCH3 is 1. The lowest BCUT2D eigenvalue weighted by Gasteiger charge is -2.14. The third kappa shape index (κ3) is 4.51. The Morgan fingerprint density at radius 3 is 2.75 bits per heavy atom. The van der Waals surface area contributed by atoms with Crippen molar-refractivity contribution in [3.63, 3.8) is 0 Å². The van der Waals surface area contributed by atoms with Gasteiger partial charge in [-0.1, -0.05) is 11.6 Å². The Hall–Kier alpha value is -2.15. The van der Waals surface area contributed by atoms with Gasteiger partial charge in [0, 0.05) is 18.8 Å². The molecule has 0 aliphatic heterocycles. The van der Waals surface area contributed by atoms with E-state index in [1.807, 2.05) is 0 Å². The average Bonchev–Trinajstić information content (AvgIpc) is 2.42. The monoisotopic (exact) mass is 300 g/mol. The maximum atomic E-state index is 11.9. The summed E-state index contributed by atoms with van der Waals surface area (Å²) in [5.41, 5.74) is 0.0680. The van der Waals surface area contributed by atoms with E-state index in [9.17, 15) is 14.4 Å². The van der Waals surface area contributed by atoms with Gasteiger partial charge in [0.15, 0.2) is 0 Å². The van der Waals surface area contributed by atoms with Crippen molar-refractivity contribution in [2.24, 2.45) is 0 Å². The number of rotatable bonds is 6. The van der Waals surface area contributed by atoms with Crippen LogP contribution in [0.4, 0.5) is 0 Å². The van der Waals surface area contributed by atoms with E-state index in [-0.39, 0.29) is 23.4 Å². The van der Waals surface area contributed by atoms with E-state index in [2.05, 4.69) is 15.0 Å². The molecule has 0 saturated carbocycles. The first-order valence-corrected chi connectivity index (χ1v) is 6.03. The Morgan fingerprint density at radius 2 is 2.20 bits per heavy atom. The molecule has 20 heavy (non-hydrogen) atoms. The van der Waals surface area contributed by atoms with Crippen molar-refractivity contribution in [3.8, 4) is 0 Å². The molecule has 1 heterocycles. The zero-order chi connectivity index (χ0) is 15.1. The number of halogens is 1. The Bertz CT molecular complexity index is 520. The van der Waals surface area contributed by atoms with Crippen molar-refractivity contribution < 1.29 is 24.2 Å². The van der Waals surface area contributed by atoms with Crippen molar-refractivity contribution in [2.75, 3.05) is 7.11 Å². The molecule has 0 fully saturated rings. The fourth-order valence-corrected chi connectivity index (χ4v) is 1.59. The van der Waals surface area contributed by atoms with Crippen LogP contribution in [0.1, 0.15) is 23.2 Å². The smallest absolute Gasteiger partial charge is 0.326 e. The number of aromatic nitrogens is 1. The second kappa shape index (κ2) is 7.44.